The Morgan fingerprint density at radius 3 is 2.47 bits per heavy atom. The molecule has 0 aliphatic rings. The van der Waals surface area contributed by atoms with E-state index in [9.17, 15) is 4.79 Å². The Morgan fingerprint density at radius 2 is 1.93 bits per heavy atom. The smallest absolute Gasteiger partial charge is 0.331 e. The number of carbonyl (C=O) groups is 1. The minimum Gasteiger partial charge on any atom is -0.463 e. The van der Waals surface area contributed by atoms with Gasteiger partial charge in [-0.25, -0.2) is 4.79 Å². The predicted octanol–water partition coefficient (Wildman–Crippen LogP) is 3.04. The molecule has 2 heteroatoms. The van der Waals surface area contributed by atoms with Gasteiger partial charge < -0.3 is 4.74 Å². The van der Waals surface area contributed by atoms with Crippen LogP contribution in [0.15, 0.2) is 36.4 Å². The van der Waals surface area contributed by atoms with Crippen LogP contribution >= 0.6 is 0 Å². The molecule has 0 saturated heterocycles. The molecule has 1 rings (SSSR count). The van der Waals surface area contributed by atoms with Crippen molar-refractivity contribution >= 4 is 11.5 Å². The molecule has 0 N–H and O–H groups in total. The molecule has 0 fully saturated rings. The van der Waals surface area contributed by atoms with E-state index in [4.69, 9.17) is 4.74 Å². The van der Waals surface area contributed by atoms with Gasteiger partial charge in [-0.1, -0.05) is 37.3 Å². The molecule has 0 spiro atoms. The van der Waals surface area contributed by atoms with Crippen LogP contribution in [0.1, 0.15) is 25.8 Å². The average molecular weight is 204 g/mol. The van der Waals surface area contributed by atoms with E-state index in [1.54, 1.807) is 13.0 Å². The topological polar surface area (TPSA) is 26.3 Å². The fourth-order valence-electron chi connectivity index (χ4n) is 1.37. The molecule has 0 unspecified atom stereocenters. The monoisotopic (exact) mass is 204 g/mol. The number of hydrogen-bond donors (Lipinski definition) is 0. The maximum atomic E-state index is 11.3. The number of ether oxygens (including phenoxy) is 1. The Hall–Kier alpha value is -1.57. The van der Waals surface area contributed by atoms with Crippen molar-refractivity contribution in [2.75, 3.05) is 6.61 Å². The minimum atomic E-state index is -0.266. The van der Waals surface area contributed by atoms with Crippen LogP contribution in [-0.2, 0) is 9.53 Å². The molecule has 0 saturated carbocycles. The van der Waals surface area contributed by atoms with Crippen molar-refractivity contribution in [2.24, 2.45) is 0 Å². The number of benzene rings is 1. The second-order valence-corrected chi connectivity index (χ2v) is 3.14. The molecule has 0 aliphatic heterocycles. The van der Waals surface area contributed by atoms with Crippen LogP contribution in [0.25, 0.3) is 5.57 Å². The van der Waals surface area contributed by atoms with E-state index in [0.717, 1.165) is 17.6 Å². The van der Waals surface area contributed by atoms with Crippen molar-refractivity contribution in [3.8, 4) is 0 Å². The van der Waals surface area contributed by atoms with Crippen LogP contribution in [0, 0.1) is 0 Å². The molecule has 0 heterocycles. The Morgan fingerprint density at radius 1 is 1.27 bits per heavy atom. The van der Waals surface area contributed by atoms with Crippen molar-refractivity contribution in [3.05, 3.63) is 42.0 Å². The van der Waals surface area contributed by atoms with E-state index in [1.165, 1.54) is 0 Å². The molecule has 1 aromatic rings. The number of allylic oxidation sites excluding steroid dienone is 1. The van der Waals surface area contributed by atoms with Gasteiger partial charge in [-0.3, -0.25) is 0 Å². The molecule has 2 nitrogen and oxygen atoms in total. The summed E-state index contributed by atoms with van der Waals surface area (Å²) in [4.78, 5) is 11.3. The summed E-state index contributed by atoms with van der Waals surface area (Å²) in [5, 5.41) is 0. The molecule has 1 aromatic carbocycles. The lowest BCUT2D eigenvalue weighted by molar-refractivity contribution is -0.137. The second kappa shape index (κ2) is 6.02. The molecular weight excluding hydrogens is 188 g/mol. The van der Waals surface area contributed by atoms with Crippen molar-refractivity contribution in [1.82, 2.24) is 0 Å². The van der Waals surface area contributed by atoms with Gasteiger partial charge in [-0.2, -0.15) is 0 Å². The second-order valence-electron chi connectivity index (χ2n) is 3.14. The van der Waals surface area contributed by atoms with Crippen molar-refractivity contribution in [1.29, 1.82) is 0 Å². The van der Waals surface area contributed by atoms with Crippen molar-refractivity contribution < 1.29 is 9.53 Å². The summed E-state index contributed by atoms with van der Waals surface area (Å²) in [7, 11) is 0. The highest BCUT2D eigenvalue weighted by Gasteiger charge is 2.02. The molecule has 15 heavy (non-hydrogen) atoms. The first-order valence-electron chi connectivity index (χ1n) is 5.20. The quantitative estimate of drug-likeness (QED) is 0.556. The van der Waals surface area contributed by atoms with Crippen LogP contribution in [0.5, 0.6) is 0 Å². The Labute approximate surface area is 90.6 Å². The van der Waals surface area contributed by atoms with Gasteiger partial charge in [0.2, 0.25) is 0 Å². The number of carbonyl (C=O) groups excluding carboxylic acids is 1. The van der Waals surface area contributed by atoms with E-state index < -0.39 is 0 Å². The SMILES string of the molecule is CCOC(=O)/C=C(/CC)c1ccccc1. The number of rotatable bonds is 4. The van der Waals surface area contributed by atoms with Gasteiger partial charge in [0.1, 0.15) is 0 Å². The maximum absolute atomic E-state index is 11.3. The highest BCUT2D eigenvalue weighted by molar-refractivity contribution is 5.91. The van der Waals surface area contributed by atoms with Crippen molar-refractivity contribution in [2.45, 2.75) is 20.3 Å². The van der Waals surface area contributed by atoms with Crippen LogP contribution in [0.4, 0.5) is 0 Å². The molecule has 0 amide bonds. The summed E-state index contributed by atoms with van der Waals surface area (Å²) in [5.74, 6) is -0.266. The van der Waals surface area contributed by atoms with E-state index in [1.807, 2.05) is 37.3 Å². The van der Waals surface area contributed by atoms with Crippen LogP contribution in [-0.4, -0.2) is 12.6 Å². The summed E-state index contributed by atoms with van der Waals surface area (Å²) in [6.45, 7) is 4.25. The minimum absolute atomic E-state index is 0.266. The van der Waals surface area contributed by atoms with Gasteiger partial charge in [0.15, 0.2) is 0 Å². The van der Waals surface area contributed by atoms with Gasteiger partial charge in [0, 0.05) is 6.08 Å². The Kier molecular flexibility index (Phi) is 4.61. The summed E-state index contributed by atoms with van der Waals surface area (Å²) in [5.41, 5.74) is 2.09. The highest BCUT2D eigenvalue weighted by atomic mass is 16.5. The summed E-state index contributed by atoms with van der Waals surface area (Å²) >= 11 is 0. The van der Waals surface area contributed by atoms with Crippen molar-refractivity contribution in [3.63, 3.8) is 0 Å². The van der Waals surface area contributed by atoms with E-state index in [0.29, 0.717) is 6.61 Å². The van der Waals surface area contributed by atoms with Gasteiger partial charge in [0.25, 0.3) is 0 Å². The van der Waals surface area contributed by atoms with Gasteiger partial charge >= 0.3 is 5.97 Å². The molecule has 0 bridgehead atoms. The normalized spacial score (nSPS) is 11.2. The number of esters is 1. The lowest BCUT2D eigenvalue weighted by atomic mass is 10.0. The third-order valence-electron chi connectivity index (χ3n) is 2.10. The first-order chi connectivity index (χ1) is 7.27. The Bertz CT molecular complexity index is 339. The van der Waals surface area contributed by atoms with Crippen LogP contribution < -0.4 is 0 Å². The zero-order chi connectivity index (χ0) is 11.1. The molecule has 0 radical (unpaired) electrons. The predicted molar refractivity (Wildman–Crippen MR) is 61.3 cm³/mol. The molecular formula is C13H16O2. The molecule has 0 aliphatic carbocycles. The van der Waals surface area contributed by atoms with E-state index in [-0.39, 0.29) is 5.97 Å². The lowest BCUT2D eigenvalue weighted by Gasteiger charge is -2.04. The van der Waals surface area contributed by atoms with E-state index in [2.05, 4.69) is 0 Å². The summed E-state index contributed by atoms with van der Waals surface area (Å²) < 4.78 is 4.88. The summed E-state index contributed by atoms with van der Waals surface area (Å²) in [6, 6.07) is 9.87. The summed E-state index contributed by atoms with van der Waals surface area (Å²) in [6.07, 6.45) is 2.39. The standard InChI is InChI=1S/C13H16O2/c1-3-11(10-13(14)15-4-2)12-8-6-5-7-9-12/h5-10H,3-4H2,1-2H3/b11-10-. The molecule has 0 atom stereocenters. The third kappa shape index (κ3) is 3.58. The average Bonchev–Trinajstić information content (AvgIpc) is 2.27. The van der Waals surface area contributed by atoms with Gasteiger partial charge in [-0.15, -0.1) is 0 Å². The first kappa shape index (κ1) is 11.5. The fraction of sp³-hybridized carbons (Fsp3) is 0.308. The zero-order valence-corrected chi connectivity index (χ0v) is 9.19. The number of hydrogen-bond acceptors (Lipinski definition) is 2. The maximum Gasteiger partial charge on any atom is 0.331 e. The molecule has 0 aromatic heterocycles. The fourth-order valence-corrected chi connectivity index (χ4v) is 1.37. The van der Waals surface area contributed by atoms with Crippen LogP contribution in [0.3, 0.4) is 0 Å². The van der Waals surface area contributed by atoms with Gasteiger partial charge in [0.05, 0.1) is 6.61 Å². The van der Waals surface area contributed by atoms with Gasteiger partial charge in [-0.05, 0) is 24.5 Å². The van der Waals surface area contributed by atoms with E-state index >= 15 is 0 Å². The lowest BCUT2D eigenvalue weighted by Crippen LogP contribution is -2.00. The largest absolute Gasteiger partial charge is 0.463 e. The highest BCUT2D eigenvalue weighted by Crippen LogP contribution is 2.17. The first-order valence-corrected chi connectivity index (χ1v) is 5.20. The van der Waals surface area contributed by atoms with Crippen LogP contribution in [0.2, 0.25) is 0 Å². The third-order valence-corrected chi connectivity index (χ3v) is 2.10. The molecule has 80 valence electrons. The zero-order valence-electron chi connectivity index (χ0n) is 9.19. The Balaban J connectivity index is 2.84.